The molecule has 0 saturated carbocycles. The highest BCUT2D eigenvalue weighted by atomic mass is 16.5. The number of hydrogen-bond acceptors (Lipinski definition) is 4. The average molecular weight is 357 g/mol. The van der Waals surface area contributed by atoms with Gasteiger partial charge in [0.05, 0.1) is 20.8 Å². The lowest BCUT2D eigenvalue weighted by atomic mass is 10.2. The fourth-order valence-corrected chi connectivity index (χ4v) is 2.41. The Kier molecular flexibility index (Phi) is 7.61. The van der Waals surface area contributed by atoms with Gasteiger partial charge in [0.1, 0.15) is 11.9 Å². The third kappa shape index (κ3) is 5.88. The third-order valence-electron chi connectivity index (χ3n) is 3.77. The second-order valence-corrected chi connectivity index (χ2v) is 5.74. The first-order valence-corrected chi connectivity index (χ1v) is 8.53. The van der Waals surface area contributed by atoms with Gasteiger partial charge in [0.2, 0.25) is 0 Å². The Bertz CT molecular complexity index is 705. The number of para-hydroxylation sites is 1. The standard InChI is InChI=1S/C20H27N3O3/c1-15(26-17-8-6-5-7-9-17)13-22-20(21-2)23-14-16-10-11-18(24-3)19(12-16)25-4/h5-12,15H,13-14H2,1-4H3,(H2,21,22,23). The van der Waals surface area contributed by atoms with Crippen LogP contribution < -0.4 is 24.8 Å². The van der Waals surface area contributed by atoms with E-state index in [-0.39, 0.29) is 6.10 Å². The minimum atomic E-state index is 0.0111. The van der Waals surface area contributed by atoms with Crippen molar-refractivity contribution in [2.45, 2.75) is 19.6 Å². The Balaban J connectivity index is 1.82. The van der Waals surface area contributed by atoms with E-state index in [0.29, 0.717) is 30.5 Å². The van der Waals surface area contributed by atoms with Gasteiger partial charge in [0.15, 0.2) is 17.5 Å². The van der Waals surface area contributed by atoms with Crippen molar-refractivity contribution in [1.29, 1.82) is 0 Å². The molecule has 2 rings (SSSR count). The molecular formula is C20H27N3O3. The van der Waals surface area contributed by atoms with E-state index in [0.717, 1.165) is 11.3 Å². The summed E-state index contributed by atoms with van der Waals surface area (Å²) in [6.45, 7) is 3.27. The molecule has 0 spiro atoms. The molecule has 6 heteroatoms. The Hall–Kier alpha value is -2.89. The first-order chi connectivity index (χ1) is 12.7. The van der Waals surface area contributed by atoms with Crippen molar-refractivity contribution in [1.82, 2.24) is 10.6 Å². The summed E-state index contributed by atoms with van der Waals surface area (Å²) in [4.78, 5) is 4.24. The summed E-state index contributed by atoms with van der Waals surface area (Å²) in [6.07, 6.45) is 0.0111. The lowest BCUT2D eigenvalue weighted by Gasteiger charge is -2.18. The van der Waals surface area contributed by atoms with E-state index in [1.54, 1.807) is 21.3 Å². The van der Waals surface area contributed by atoms with E-state index in [4.69, 9.17) is 14.2 Å². The van der Waals surface area contributed by atoms with Gasteiger partial charge in [-0.05, 0) is 36.8 Å². The molecule has 0 radical (unpaired) electrons. The first kappa shape index (κ1) is 19.4. The van der Waals surface area contributed by atoms with Crippen LogP contribution in [0.3, 0.4) is 0 Å². The van der Waals surface area contributed by atoms with Crippen LogP contribution in [0.15, 0.2) is 53.5 Å². The molecule has 0 aliphatic rings. The maximum absolute atomic E-state index is 5.85. The van der Waals surface area contributed by atoms with Crippen LogP contribution in [-0.2, 0) is 6.54 Å². The second-order valence-electron chi connectivity index (χ2n) is 5.74. The fraction of sp³-hybridized carbons (Fsp3) is 0.350. The van der Waals surface area contributed by atoms with Gasteiger partial charge in [-0.2, -0.15) is 0 Å². The van der Waals surface area contributed by atoms with Crippen LogP contribution in [0.5, 0.6) is 17.2 Å². The summed E-state index contributed by atoms with van der Waals surface area (Å²) >= 11 is 0. The van der Waals surface area contributed by atoms with E-state index in [9.17, 15) is 0 Å². The van der Waals surface area contributed by atoms with Crippen LogP contribution in [-0.4, -0.2) is 39.9 Å². The van der Waals surface area contributed by atoms with Crippen LogP contribution in [0.2, 0.25) is 0 Å². The van der Waals surface area contributed by atoms with Gasteiger partial charge in [-0.15, -0.1) is 0 Å². The van der Waals surface area contributed by atoms with Crippen LogP contribution in [0.4, 0.5) is 0 Å². The highest BCUT2D eigenvalue weighted by Gasteiger charge is 2.07. The molecule has 0 heterocycles. The molecule has 26 heavy (non-hydrogen) atoms. The number of guanidine groups is 1. The molecule has 140 valence electrons. The summed E-state index contributed by atoms with van der Waals surface area (Å²) in [5.74, 6) is 2.99. The summed E-state index contributed by atoms with van der Waals surface area (Å²) in [7, 11) is 5.00. The normalized spacial score (nSPS) is 12.2. The number of methoxy groups -OCH3 is 2. The third-order valence-corrected chi connectivity index (χ3v) is 3.77. The quantitative estimate of drug-likeness (QED) is 0.562. The van der Waals surface area contributed by atoms with E-state index in [1.165, 1.54) is 0 Å². The Morgan fingerprint density at radius 2 is 1.73 bits per heavy atom. The lowest BCUT2D eigenvalue weighted by Crippen LogP contribution is -2.41. The number of aliphatic imine (C=N–C) groups is 1. The second kappa shape index (κ2) is 10.2. The van der Waals surface area contributed by atoms with Gasteiger partial charge in [0.25, 0.3) is 0 Å². The van der Waals surface area contributed by atoms with Gasteiger partial charge in [-0.1, -0.05) is 24.3 Å². The fourth-order valence-electron chi connectivity index (χ4n) is 2.41. The first-order valence-electron chi connectivity index (χ1n) is 8.53. The summed E-state index contributed by atoms with van der Waals surface area (Å²) in [5, 5.41) is 6.55. The van der Waals surface area contributed by atoms with Gasteiger partial charge in [0, 0.05) is 13.6 Å². The Labute approximate surface area is 155 Å². The molecule has 1 atom stereocenters. The molecular weight excluding hydrogens is 330 g/mol. The largest absolute Gasteiger partial charge is 0.493 e. The molecule has 0 aliphatic carbocycles. The minimum Gasteiger partial charge on any atom is -0.493 e. The van der Waals surface area contributed by atoms with E-state index < -0.39 is 0 Å². The summed E-state index contributed by atoms with van der Waals surface area (Å²) in [6, 6.07) is 15.6. The lowest BCUT2D eigenvalue weighted by molar-refractivity contribution is 0.224. The average Bonchev–Trinajstić information content (AvgIpc) is 2.68. The van der Waals surface area contributed by atoms with Gasteiger partial charge >= 0.3 is 0 Å². The predicted octanol–water partition coefficient (Wildman–Crippen LogP) is 2.84. The predicted molar refractivity (Wildman–Crippen MR) is 104 cm³/mol. The number of hydrogen-bond donors (Lipinski definition) is 2. The number of nitrogens with one attached hydrogen (secondary N) is 2. The van der Waals surface area contributed by atoms with E-state index in [2.05, 4.69) is 15.6 Å². The van der Waals surface area contributed by atoms with Crippen molar-refractivity contribution < 1.29 is 14.2 Å². The minimum absolute atomic E-state index is 0.0111. The SMILES string of the molecule is CN=C(NCc1ccc(OC)c(OC)c1)NCC(C)Oc1ccccc1. The van der Waals surface area contributed by atoms with Crippen LogP contribution >= 0.6 is 0 Å². The number of nitrogens with zero attached hydrogens (tertiary/aromatic N) is 1. The molecule has 2 aromatic rings. The smallest absolute Gasteiger partial charge is 0.191 e. The zero-order chi connectivity index (χ0) is 18.8. The monoisotopic (exact) mass is 357 g/mol. The maximum Gasteiger partial charge on any atom is 0.191 e. The van der Waals surface area contributed by atoms with Gasteiger partial charge in [-0.3, -0.25) is 4.99 Å². The van der Waals surface area contributed by atoms with Crippen LogP contribution in [0.25, 0.3) is 0 Å². The summed E-state index contributed by atoms with van der Waals surface area (Å²) < 4.78 is 16.4. The molecule has 6 nitrogen and oxygen atoms in total. The highest BCUT2D eigenvalue weighted by molar-refractivity contribution is 5.79. The molecule has 0 fully saturated rings. The topological polar surface area (TPSA) is 64.1 Å². The van der Waals surface area contributed by atoms with Crippen molar-refractivity contribution in [2.24, 2.45) is 4.99 Å². The van der Waals surface area contributed by atoms with Crippen LogP contribution in [0.1, 0.15) is 12.5 Å². The maximum atomic E-state index is 5.85. The van der Waals surface area contributed by atoms with Crippen molar-refractivity contribution in [2.75, 3.05) is 27.8 Å². The molecule has 2 aromatic carbocycles. The van der Waals surface area contributed by atoms with E-state index >= 15 is 0 Å². The van der Waals surface area contributed by atoms with Crippen molar-refractivity contribution in [3.63, 3.8) is 0 Å². The molecule has 0 saturated heterocycles. The van der Waals surface area contributed by atoms with E-state index in [1.807, 2.05) is 55.5 Å². The number of ether oxygens (including phenoxy) is 3. The zero-order valence-corrected chi connectivity index (χ0v) is 15.8. The van der Waals surface area contributed by atoms with Crippen LogP contribution in [0, 0.1) is 0 Å². The molecule has 1 unspecified atom stereocenters. The Morgan fingerprint density at radius 3 is 2.38 bits per heavy atom. The molecule has 0 amide bonds. The summed E-state index contributed by atoms with van der Waals surface area (Å²) in [5.41, 5.74) is 1.07. The molecule has 0 aromatic heterocycles. The Morgan fingerprint density at radius 1 is 1.00 bits per heavy atom. The number of benzene rings is 2. The van der Waals surface area contributed by atoms with Gasteiger partial charge < -0.3 is 24.8 Å². The van der Waals surface area contributed by atoms with Crippen molar-refractivity contribution >= 4 is 5.96 Å². The highest BCUT2D eigenvalue weighted by Crippen LogP contribution is 2.27. The molecule has 0 aliphatic heterocycles. The van der Waals surface area contributed by atoms with Crippen molar-refractivity contribution in [3.05, 3.63) is 54.1 Å². The zero-order valence-electron chi connectivity index (χ0n) is 15.8. The molecule has 2 N–H and O–H groups in total. The van der Waals surface area contributed by atoms with Crippen molar-refractivity contribution in [3.8, 4) is 17.2 Å². The van der Waals surface area contributed by atoms with Gasteiger partial charge in [-0.25, -0.2) is 0 Å². The molecule has 0 bridgehead atoms. The number of rotatable bonds is 8.